The van der Waals surface area contributed by atoms with Gasteiger partial charge < -0.3 is 15.5 Å². The SMILES string of the molecule is O=C(O)c1cc(O)cc(NC(=O)C(F)(F)F)c1F. The van der Waals surface area contributed by atoms with Gasteiger partial charge in [-0.2, -0.15) is 13.2 Å². The zero-order valence-electron chi connectivity index (χ0n) is 8.38. The molecule has 0 heterocycles. The number of carbonyl (C=O) groups is 2. The Morgan fingerprint density at radius 1 is 1.22 bits per heavy atom. The number of phenolic OH excluding ortho intramolecular Hbond substituents is 1. The monoisotopic (exact) mass is 267 g/mol. The number of amides is 1. The Balaban J connectivity index is 3.18. The first-order chi connectivity index (χ1) is 8.12. The number of nitrogens with one attached hydrogen (secondary N) is 1. The molecule has 0 bridgehead atoms. The van der Waals surface area contributed by atoms with Gasteiger partial charge in [0.15, 0.2) is 5.82 Å². The third-order valence-corrected chi connectivity index (χ3v) is 1.79. The normalized spacial score (nSPS) is 11.1. The van der Waals surface area contributed by atoms with Crippen LogP contribution >= 0.6 is 0 Å². The minimum Gasteiger partial charge on any atom is -0.508 e. The Kier molecular flexibility index (Phi) is 3.44. The summed E-state index contributed by atoms with van der Waals surface area (Å²) in [5.74, 6) is -6.67. The molecule has 18 heavy (non-hydrogen) atoms. The molecule has 1 rings (SSSR count). The van der Waals surface area contributed by atoms with E-state index in [-0.39, 0.29) is 0 Å². The van der Waals surface area contributed by atoms with Gasteiger partial charge >= 0.3 is 18.1 Å². The number of alkyl halides is 3. The lowest BCUT2D eigenvalue weighted by atomic mass is 10.1. The van der Waals surface area contributed by atoms with Crippen molar-refractivity contribution < 1.29 is 37.4 Å². The van der Waals surface area contributed by atoms with Crippen molar-refractivity contribution in [1.29, 1.82) is 0 Å². The molecule has 0 spiro atoms. The minimum atomic E-state index is -5.26. The van der Waals surface area contributed by atoms with Crippen LogP contribution in [0.4, 0.5) is 23.2 Å². The highest BCUT2D eigenvalue weighted by molar-refractivity contribution is 5.97. The van der Waals surface area contributed by atoms with E-state index in [4.69, 9.17) is 10.2 Å². The van der Waals surface area contributed by atoms with Crippen LogP contribution in [-0.4, -0.2) is 28.3 Å². The molecule has 0 saturated heterocycles. The lowest BCUT2D eigenvalue weighted by Gasteiger charge is -2.10. The van der Waals surface area contributed by atoms with Crippen LogP contribution in [0.25, 0.3) is 0 Å². The maximum absolute atomic E-state index is 13.4. The minimum absolute atomic E-state index is 0.464. The van der Waals surface area contributed by atoms with Crippen molar-refractivity contribution in [3.05, 3.63) is 23.5 Å². The van der Waals surface area contributed by atoms with Crippen LogP contribution < -0.4 is 5.32 Å². The van der Waals surface area contributed by atoms with Crippen LogP contribution in [-0.2, 0) is 4.79 Å². The van der Waals surface area contributed by atoms with Gasteiger partial charge in [-0.3, -0.25) is 4.79 Å². The number of aromatic hydroxyl groups is 1. The summed E-state index contributed by atoms with van der Waals surface area (Å²) < 4.78 is 49.1. The summed E-state index contributed by atoms with van der Waals surface area (Å²) in [6, 6.07) is 0.965. The summed E-state index contributed by atoms with van der Waals surface area (Å²) in [6.07, 6.45) is -5.26. The summed E-state index contributed by atoms with van der Waals surface area (Å²) in [5, 5.41) is 18.7. The predicted molar refractivity (Wildman–Crippen MR) is 49.7 cm³/mol. The molecule has 0 atom stereocenters. The number of carbonyl (C=O) groups excluding carboxylic acids is 1. The number of carboxylic acid groups (broad SMARTS) is 1. The van der Waals surface area contributed by atoms with Gasteiger partial charge in [-0.25, -0.2) is 9.18 Å². The second-order valence-corrected chi connectivity index (χ2v) is 3.11. The van der Waals surface area contributed by atoms with Crippen molar-refractivity contribution in [3.8, 4) is 5.75 Å². The van der Waals surface area contributed by atoms with Gasteiger partial charge in [-0.05, 0) is 6.07 Å². The Bertz CT molecular complexity index is 512. The predicted octanol–water partition coefficient (Wildman–Crippen LogP) is 1.73. The molecule has 0 unspecified atom stereocenters. The molecule has 1 amide bonds. The molecular formula is C9H5F4NO4. The van der Waals surface area contributed by atoms with Gasteiger partial charge in [0.05, 0.1) is 5.69 Å². The number of hydrogen-bond acceptors (Lipinski definition) is 3. The number of aromatic carboxylic acids is 1. The average molecular weight is 267 g/mol. The molecule has 5 nitrogen and oxygen atoms in total. The molecule has 98 valence electrons. The number of halogens is 4. The smallest absolute Gasteiger partial charge is 0.471 e. The zero-order valence-corrected chi connectivity index (χ0v) is 8.38. The summed E-state index contributed by atoms with van der Waals surface area (Å²) in [7, 11) is 0. The topological polar surface area (TPSA) is 86.6 Å². The number of benzene rings is 1. The van der Waals surface area contributed by atoms with Crippen LogP contribution in [0.5, 0.6) is 5.75 Å². The maximum atomic E-state index is 13.4. The van der Waals surface area contributed by atoms with Crippen LogP contribution in [0.1, 0.15) is 10.4 Å². The lowest BCUT2D eigenvalue weighted by molar-refractivity contribution is -0.167. The number of hydrogen-bond donors (Lipinski definition) is 3. The van der Waals surface area contributed by atoms with Gasteiger partial charge in [0.1, 0.15) is 11.3 Å². The molecule has 0 fully saturated rings. The summed E-state index contributed by atoms with van der Waals surface area (Å²) in [6.45, 7) is 0. The Morgan fingerprint density at radius 3 is 2.22 bits per heavy atom. The quantitative estimate of drug-likeness (QED) is 0.712. The standard InChI is InChI=1S/C9H5F4NO4/c10-6-4(7(16)17)1-3(15)2-5(6)14-8(18)9(11,12)13/h1-2,15H,(H,14,18)(H,16,17). The number of carboxylic acids is 1. The van der Waals surface area contributed by atoms with Gasteiger partial charge in [0.2, 0.25) is 0 Å². The van der Waals surface area contributed by atoms with Crippen molar-refractivity contribution in [2.45, 2.75) is 6.18 Å². The highest BCUT2D eigenvalue weighted by Crippen LogP contribution is 2.26. The van der Waals surface area contributed by atoms with E-state index in [0.29, 0.717) is 12.1 Å². The van der Waals surface area contributed by atoms with Crippen LogP contribution in [0.15, 0.2) is 12.1 Å². The van der Waals surface area contributed by atoms with E-state index in [1.54, 1.807) is 0 Å². The lowest BCUT2D eigenvalue weighted by Crippen LogP contribution is -2.30. The fourth-order valence-corrected chi connectivity index (χ4v) is 1.05. The van der Waals surface area contributed by atoms with Gasteiger partial charge in [-0.1, -0.05) is 0 Å². The first-order valence-corrected chi connectivity index (χ1v) is 4.27. The van der Waals surface area contributed by atoms with E-state index in [1.165, 1.54) is 0 Å². The van der Waals surface area contributed by atoms with E-state index in [2.05, 4.69) is 0 Å². The largest absolute Gasteiger partial charge is 0.508 e. The molecule has 3 N–H and O–H groups in total. The average Bonchev–Trinajstić information content (AvgIpc) is 2.21. The molecule has 0 aliphatic heterocycles. The fraction of sp³-hybridized carbons (Fsp3) is 0.111. The maximum Gasteiger partial charge on any atom is 0.471 e. The second kappa shape index (κ2) is 4.51. The first kappa shape index (κ1) is 13.7. The first-order valence-electron chi connectivity index (χ1n) is 4.27. The molecule has 1 aromatic rings. The molecular weight excluding hydrogens is 262 g/mol. The van der Waals surface area contributed by atoms with Crippen LogP contribution in [0.3, 0.4) is 0 Å². The molecule has 1 aromatic carbocycles. The molecule has 0 aliphatic carbocycles. The third kappa shape index (κ3) is 2.87. The number of anilines is 1. The van der Waals surface area contributed by atoms with Crippen molar-refractivity contribution in [2.75, 3.05) is 5.32 Å². The van der Waals surface area contributed by atoms with E-state index in [9.17, 15) is 27.2 Å². The van der Waals surface area contributed by atoms with Crippen molar-refractivity contribution >= 4 is 17.6 Å². The Labute approximate surface area is 96.6 Å². The Morgan fingerprint density at radius 2 is 1.78 bits per heavy atom. The van der Waals surface area contributed by atoms with E-state index < -0.39 is 40.9 Å². The number of rotatable bonds is 2. The van der Waals surface area contributed by atoms with Crippen molar-refractivity contribution in [2.24, 2.45) is 0 Å². The molecule has 0 aliphatic rings. The van der Waals surface area contributed by atoms with Gasteiger partial charge in [0.25, 0.3) is 0 Å². The summed E-state index contributed by atoms with van der Waals surface area (Å²) in [5.41, 5.74) is -2.14. The zero-order chi connectivity index (χ0) is 14.1. The molecule has 0 aromatic heterocycles. The molecule has 0 radical (unpaired) electrons. The summed E-state index contributed by atoms with van der Waals surface area (Å²) in [4.78, 5) is 21.1. The van der Waals surface area contributed by atoms with Crippen LogP contribution in [0.2, 0.25) is 0 Å². The van der Waals surface area contributed by atoms with Gasteiger partial charge in [-0.15, -0.1) is 0 Å². The summed E-state index contributed by atoms with van der Waals surface area (Å²) >= 11 is 0. The Hall–Kier alpha value is -2.32. The highest BCUT2D eigenvalue weighted by Gasteiger charge is 2.39. The van der Waals surface area contributed by atoms with E-state index in [1.807, 2.05) is 0 Å². The van der Waals surface area contributed by atoms with Crippen LogP contribution in [0, 0.1) is 5.82 Å². The highest BCUT2D eigenvalue weighted by atomic mass is 19.4. The van der Waals surface area contributed by atoms with Gasteiger partial charge in [0, 0.05) is 6.07 Å². The van der Waals surface area contributed by atoms with E-state index in [0.717, 1.165) is 5.32 Å². The van der Waals surface area contributed by atoms with Crippen molar-refractivity contribution in [1.82, 2.24) is 0 Å². The van der Waals surface area contributed by atoms with E-state index >= 15 is 0 Å². The fourth-order valence-electron chi connectivity index (χ4n) is 1.05. The molecule has 9 heteroatoms. The third-order valence-electron chi connectivity index (χ3n) is 1.79. The number of phenols is 1. The molecule has 0 saturated carbocycles. The second-order valence-electron chi connectivity index (χ2n) is 3.11. The van der Waals surface area contributed by atoms with Crippen molar-refractivity contribution in [3.63, 3.8) is 0 Å².